The van der Waals surface area contributed by atoms with E-state index in [1.807, 2.05) is 48.5 Å². The number of hydrogen-bond acceptors (Lipinski definition) is 8. The molecule has 0 saturated heterocycles. The molecule has 3 N–H and O–H groups in total. The molecule has 1 amide bonds. The number of carbonyl (C=O) groups excluding carboxylic acids is 2. The van der Waals surface area contributed by atoms with Crippen LogP contribution in [-0.4, -0.2) is 47.2 Å². The van der Waals surface area contributed by atoms with Gasteiger partial charge in [0.2, 0.25) is 5.90 Å². The average Bonchev–Trinajstić information content (AvgIpc) is 3.38. The van der Waals surface area contributed by atoms with Crippen molar-refractivity contribution in [2.45, 2.75) is 63.8 Å². The van der Waals surface area contributed by atoms with Crippen LogP contribution in [0.1, 0.15) is 62.8 Å². The number of ether oxygens (including phenoxy) is 3. The number of rotatable bonds is 13. The van der Waals surface area contributed by atoms with E-state index >= 15 is 0 Å². The molecule has 1 heterocycles. The number of hydrogen-bond donors (Lipinski definition) is 3. The molecule has 0 unspecified atom stereocenters. The average molecular weight is 608 g/mol. The number of carbonyl (C=O) groups is 2. The van der Waals surface area contributed by atoms with Crippen molar-refractivity contribution >= 4 is 29.4 Å². The van der Waals surface area contributed by atoms with E-state index in [1.165, 1.54) is 0 Å². The summed E-state index contributed by atoms with van der Waals surface area (Å²) in [6.07, 6.45) is -0.326. The third kappa shape index (κ3) is 8.56. The summed E-state index contributed by atoms with van der Waals surface area (Å²) >= 11 is 6.30. The lowest BCUT2D eigenvalue weighted by atomic mass is 9.83. The lowest BCUT2D eigenvalue weighted by Crippen LogP contribution is -2.52. The summed E-state index contributed by atoms with van der Waals surface area (Å²) in [5.74, 6) is -0.00576. The van der Waals surface area contributed by atoms with E-state index in [2.05, 4.69) is 10.9 Å². The van der Waals surface area contributed by atoms with Crippen molar-refractivity contribution in [2.24, 2.45) is 4.99 Å². The summed E-state index contributed by atoms with van der Waals surface area (Å²) in [5.41, 5.74) is 5.77. The fraction of sp³-hybridized carbons (Fsp3) is 0.364. The minimum atomic E-state index is -1.50. The third-order valence-corrected chi connectivity index (χ3v) is 7.07. The normalized spacial score (nSPS) is 18.0. The summed E-state index contributed by atoms with van der Waals surface area (Å²) < 4.78 is 17.7. The standard InChI is InChI=1S/C33H38ClN3O6/c1-32(2,3)43-28(39)18-19-33(31(40)37-35-22-25-12-7-8-13-27(25)34)29(23-10-5-4-6-11-23)42-30(36-33)24-14-16-26(17-15-24)41-21-9-20-38/h4-8,10-17,29,35,38H,9,18-22H2,1-3H3,(H,37,40)/t29-,33-/m0/s1. The van der Waals surface area contributed by atoms with Crippen LogP contribution in [-0.2, 0) is 25.6 Å². The van der Waals surface area contributed by atoms with Gasteiger partial charge in [-0.05, 0) is 68.7 Å². The minimum Gasteiger partial charge on any atom is -0.494 e. The first-order valence-electron chi connectivity index (χ1n) is 14.3. The van der Waals surface area contributed by atoms with Crippen molar-refractivity contribution in [2.75, 3.05) is 13.2 Å². The summed E-state index contributed by atoms with van der Waals surface area (Å²) in [6, 6.07) is 23.8. The number of nitrogens with one attached hydrogen (secondary N) is 2. The Labute approximate surface area is 257 Å². The van der Waals surface area contributed by atoms with E-state index in [4.69, 9.17) is 35.9 Å². The molecule has 3 aromatic rings. The van der Waals surface area contributed by atoms with Gasteiger partial charge in [-0.25, -0.2) is 10.4 Å². The largest absolute Gasteiger partial charge is 0.494 e. The van der Waals surface area contributed by atoms with Gasteiger partial charge < -0.3 is 19.3 Å². The number of aliphatic hydroxyl groups is 1. The fourth-order valence-electron chi connectivity index (χ4n) is 4.65. The summed E-state index contributed by atoms with van der Waals surface area (Å²) in [5, 5.41) is 9.59. The van der Waals surface area contributed by atoms with Crippen LogP contribution in [0.2, 0.25) is 5.02 Å². The maximum Gasteiger partial charge on any atom is 0.306 e. The van der Waals surface area contributed by atoms with E-state index in [1.54, 1.807) is 51.1 Å². The van der Waals surface area contributed by atoms with Gasteiger partial charge in [-0.15, -0.1) is 0 Å². The van der Waals surface area contributed by atoms with Crippen LogP contribution < -0.4 is 15.6 Å². The molecule has 10 heteroatoms. The van der Waals surface area contributed by atoms with Crippen molar-refractivity contribution in [1.29, 1.82) is 0 Å². The highest BCUT2D eigenvalue weighted by Gasteiger charge is 2.53. The quantitative estimate of drug-likeness (QED) is 0.137. The number of amides is 1. The van der Waals surface area contributed by atoms with Crippen LogP contribution >= 0.6 is 11.6 Å². The molecule has 9 nitrogen and oxygen atoms in total. The second-order valence-electron chi connectivity index (χ2n) is 11.2. The molecule has 0 aromatic heterocycles. The number of hydrazine groups is 1. The SMILES string of the molecule is CC(C)(C)OC(=O)CC[C@]1(C(=O)NNCc2ccccc2Cl)N=C(c2ccc(OCCCO)cc2)O[C@H]1c1ccccc1. The number of esters is 1. The predicted octanol–water partition coefficient (Wildman–Crippen LogP) is 5.30. The van der Waals surface area contributed by atoms with E-state index < -0.39 is 29.1 Å². The second kappa shape index (κ2) is 14.5. The smallest absolute Gasteiger partial charge is 0.306 e. The summed E-state index contributed by atoms with van der Waals surface area (Å²) in [4.78, 5) is 31.9. The molecule has 0 fully saturated rings. The first kappa shape index (κ1) is 32.0. The Hall–Kier alpha value is -3.92. The van der Waals surface area contributed by atoms with Gasteiger partial charge in [0, 0.05) is 36.6 Å². The molecule has 0 saturated carbocycles. The molecule has 0 radical (unpaired) electrons. The fourth-order valence-corrected chi connectivity index (χ4v) is 4.86. The maximum absolute atomic E-state index is 14.1. The maximum atomic E-state index is 14.1. The number of nitrogens with zero attached hydrogens (tertiary/aromatic N) is 1. The molecule has 4 rings (SSSR count). The Bertz CT molecular complexity index is 1410. The molecule has 43 heavy (non-hydrogen) atoms. The van der Waals surface area contributed by atoms with Crippen molar-refractivity contribution in [1.82, 2.24) is 10.9 Å². The molecule has 1 aliphatic heterocycles. The first-order chi connectivity index (χ1) is 20.6. The van der Waals surface area contributed by atoms with Gasteiger partial charge in [-0.1, -0.05) is 60.1 Å². The summed E-state index contributed by atoms with van der Waals surface area (Å²) in [6.45, 7) is 6.10. The number of benzene rings is 3. The molecular formula is C33H38ClN3O6. The highest BCUT2D eigenvalue weighted by atomic mass is 35.5. The highest BCUT2D eigenvalue weighted by molar-refractivity contribution is 6.31. The van der Waals surface area contributed by atoms with Gasteiger partial charge in [0.1, 0.15) is 11.4 Å². The molecule has 0 aliphatic carbocycles. The predicted molar refractivity (Wildman–Crippen MR) is 165 cm³/mol. The topological polar surface area (TPSA) is 118 Å². The highest BCUT2D eigenvalue weighted by Crippen LogP contribution is 2.43. The first-order valence-corrected chi connectivity index (χ1v) is 14.6. The van der Waals surface area contributed by atoms with Crippen LogP contribution in [0.5, 0.6) is 5.75 Å². The number of halogens is 1. The van der Waals surface area contributed by atoms with Gasteiger partial charge in [-0.2, -0.15) is 0 Å². The molecule has 0 spiro atoms. The Balaban J connectivity index is 1.66. The lowest BCUT2D eigenvalue weighted by Gasteiger charge is -2.31. The van der Waals surface area contributed by atoms with Gasteiger partial charge in [0.15, 0.2) is 11.6 Å². The lowest BCUT2D eigenvalue weighted by molar-refractivity contribution is -0.155. The number of aliphatic hydroxyl groups excluding tert-OH is 1. The summed E-state index contributed by atoms with van der Waals surface area (Å²) in [7, 11) is 0. The third-order valence-electron chi connectivity index (χ3n) is 6.70. The Morgan fingerprint density at radius 2 is 1.72 bits per heavy atom. The van der Waals surface area contributed by atoms with Crippen molar-refractivity contribution in [3.63, 3.8) is 0 Å². The van der Waals surface area contributed by atoms with Crippen LogP contribution in [0, 0.1) is 0 Å². The zero-order chi connectivity index (χ0) is 30.9. The monoisotopic (exact) mass is 607 g/mol. The molecular weight excluding hydrogens is 570 g/mol. The van der Waals surface area contributed by atoms with E-state index in [0.29, 0.717) is 29.4 Å². The Kier molecular flexibility index (Phi) is 10.8. The van der Waals surface area contributed by atoms with Crippen LogP contribution in [0.15, 0.2) is 83.9 Å². The number of aliphatic imine (C=N–C) groups is 1. The molecule has 1 aliphatic rings. The molecule has 3 aromatic carbocycles. The molecule has 0 bridgehead atoms. The van der Waals surface area contributed by atoms with Gasteiger partial charge in [-0.3, -0.25) is 15.0 Å². The van der Waals surface area contributed by atoms with E-state index in [0.717, 1.165) is 11.1 Å². The van der Waals surface area contributed by atoms with Crippen LogP contribution in [0.3, 0.4) is 0 Å². The molecule has 2 atom stereocenters. The van der Waals surface area contributed by atoms with E-state index in [-0.39, 0.29) is 31.9 Å². The van der Waals surface area contributed by atoms with Crippen molar-refractivity contribution < 1.29 is 28.9 Å². The second-order valence-corrected chi connectivity index (χ2v) is 11.6. The van der Waals surface area contributed by atoms with Gasteiger partial charge >= 0.3 is 5.97 Å². The van der Waals surface area contributed by atoms with Crippen molar-refractivity contribution in [3.8, 4) is 5.75 Å². The zero-order valence-electron chi connectivity index (χ0n) is 24.6. The Morgan fingerprint density at radius 3 is 2.40 bits per heavy atom. The zero-order valence-corrected chi connectivity index (χ0v) is 25.4. The van der Waals surface area contributed by atoms with Crippen LogP contribution in [0.4, 0.5) is 0 Å². The van der Waals surface area contributed by atoms with Crippen molar-refractivity contribution in [3.05, 3.63) is 101 Å². The van der Waals surface area contributed by atoms with Gasteiger partial charge in [0.05, 0.1) is 6.61 Å². The van der Waals surface area contributed by atoms with Crippen LogP contribution in [0.25, 0.3) is 0 Å². The van der Waals surface area contributed by atoms with E-state index in [9.17, 15) is 9.59 Å². The van der Waals surface area contributed by atoms with Gasteiger partial charge in [0.25, 0.3) is 5.91 Å². The Morgan fingerprint density at radius 1 is 1.02 bits per heavy atom. The minimum absolute atomic E-state index is 0.0347. The molecule has 228 valence electrons.